The SMILES string of the molecule is Cc1nc(-c2ccc(Cl)cn2)nc(Cl)c1C. The highest BCUT2D eigenvalue weighted by atomic mass is 35.5. The van der Waals surface area contributed by atoms with E-state index >= 15 is 0 Å². The second kappa shape index (κ2) is 4.36. The third kappa shape index (κ3) is 2.15. The number of hydrogen-bond acceptors (Lipinski definition) is 3. The Labute approximate surface area is 103 Å². The topological polar surface area (TPSA) is 38.7 Å². The highest BCUT2D eigenvalue weighted by Gasteiger charge is 2.08. The molecule has 0 spiro atoms. The molecule has 0 aliphatic heterocycles. The zero-order valence-electron chi connectivity index (χ0n) is 8.83. The quantitative estimate of drug-likeness (QED) is 0.731. The fraction of sp³-hybridized carbons (Fsp3) is 0.182. The minimum Gasteiger partial charge on any atom is -0.251 e. The van der Waals surface area contributed by atoms with Gasteiger partial charge in [0.05, 0.1) is 5.02 Å². The summed E-state index contributed by atoms with van der Waals surface area (Å²) in [4.78, 5) is 12.7. The third-order valence-electron chi connectivity index (χ3n) is 2.29. The van der Waals surface area contributed by atoms with Crippen molar-refractivity contribution < 1.29 is 0 Å². The average molecular weight is 254 g/mol. The first-order chi connectivity index (χ1) is 7.58. The molecule has 0 N–H and O–H groups in total. The van der Waals surface area contributed by atoms with E-state index in [0.717, 1.165) is 11.3 Å². The van der Waals surface area contributed by atoms with Crippen LogP contribution in [0.3, 0.4) is 0 Å². The number of aromatic nitrogens is 3. The second-order valence-corrected chi connectivity index (χ2v) is 4.20. The highest BCUT2D eigenvalue weighted by Crippen LogP contribution is 2.20. The van der Waals surface area contributed by atoms with Gasteiger partial charge in [0.25, 0.3) is 0 Å². The highest BCUT2D eigenvalue weighted by molar-refractivity contribution is 6.30. The van der Waals surface area contributed by atoms with Crippen molar-refractivity contribution in [1.29, 1.82) is 0 Å². The fourth-order valence-corrected chi connectivity index (χ4v) is 1.55. The molecule has 16 heavy (non-hydrogen) atoms. The van der Waals surface area contributed by atoms with Gasteiger partial charge in [0.15, 0.2) is 5.82 Å². The van der Waals surface area contributed by atoms with E-state index < -0.39 is 0 Å². The van der Waals surface area contributed by atoms with E-state index in [1.54, 1.807) is 18.3 Å². The van der Waals surface area contributed by atoms with Gasteiger partial charge in [-0.15, -0.1) is 0 Å². The monoisotopic (exact) mass is 253 g/mol. The number of halogens is 2. The Morgan fingerprint density at radius 2 is 1.81 bits per heavy atom. The number of aryl methyl sites for hydroxylation is 1. The molecular formula is C11H9Cl2N3. The van der Waals surface area contributed by atoms with E-state index in [9.17, 15) is 0 Å². The van der Waals surface area contributed by atoms with Crippen molar-refractivity contribution in [2.45, 2.75) is 13.8 Å². The summed E-state index contributed by atoms with van der Waals surface area (Å²) in [6.45, 7) is 3.78. The minimum absolute atomic E-state index is 0.458. The number of pyridine rings is 1. The van der Waals surface area contributed by atoms with Crippen LogP contribution in [0.25, 0.3) is 11.5 Å². The first kappa shape index (κ1) is 11.3. The van der Waals surface area contributed by atoms with Gasteiger partial charge >= 0.3 is 0 Å². The van der Waals surface area contributed by atoms with Gasteiger partial charge in [-0.3, -0.25) is 4.98 Å². The number of rotatable bonds is 1. The first-order valence-corrected chi connectivity index (χ1v) is 5.46. The Kier molecular flexibility index (Phi) is 3.08. The lowest BCUT2D eigenvalue weighted by Gasteiger charge is -2.05. The van der Waals surface area contributed by atoms with Crippen molar-refractivity contribution in [2.75, 3.05) is 0 Å². The van der Waals surface area contributed by atoms with E-state index in [1.807, 2.05) is 13.8 Å². The van der Waals surface area contributed by atoms with Gasteiger partial charge in [-0.1, -0.05) is 23.2 Å². The van der Waals surface area contributed by atoms with Crippen LogP contribution in [0, 0.1) is 13.8 Å². The lowest BCUT2D eigenvalue weighted by Crippen LogP contribution is -1.97. The Bertz CT molecular complexity index is 500. The van der Waals surface area contributed by atoms with Crippen LogP contribution in [0.15, 0.2) is 18.3 Å². The van der Waals surface area contributed by atoms with Crippen molar-refractivity contribution in [2.24, 2.45) is 0 Å². The summed E-state index contributed by atoms with van der Waals surface area (Å²) in [5.74, 6) is 0.518. The standard InChI is InChI=1S/C11H9Cl2N3/c1-6-7(2)15-11(16-10(6)13)9-4-3-8(12)5-14-9/h3-5H,1-2H3. The summed E-state index contributed by atoms with van der Waals surface area (Å²) in [5, 5.41) is 1.04. The van der Waals surface area contributed by atoms with Gasteiger partial charge in [-0.2, -0.15) is 0 Å². The molecule has 0 atom stereocenters. The first-order valence-electron chi connectivity index (χ1n) is 4.70. The average Bonchev–Trinajstić information content (AvgIpc) is 2.26. The predicted octanol–water partition coefficient (Wildman–Crippen LogP) is 3.46. The van der Waals surface area contributed by atoms with Crippen LogP contribution in [-0.4, -0.2) is 15.0 Å². The zero-order chi connectivity index (χ0) is 11.7. The Balaban J connectivity index is 2.52. The summed E-state index contributed by atoms with van der Waals surface area (Å²) < 4.78 is 0. The normalized spacial score (nSPS) is 10.5. The van der Waals surface area contributed by atoms with Crippen LogP contribution >= 0.6 is 23.2 Å². The molecule has 0 saturated carbocycles. The van der Waals surface area contributed by atoms with Crippen molar-refractivity contribution in [1.82, 2.24) is 15.0 Å². The van der Waals surface area contributed by atoms with Crippen molar-refractivity contribution in [3.63, 3.8) is 0 Å². The van der Waals surface area contributed by atoms with Gasteiger partial charge in [0.2, 0.25) is 0 Å². The Hall–Kier alpha value is -1.19. The van der Waals surface area contributed by atoms with Crippen LogP contribution in [0.1, 0.15) is 11.3 Å². The third-order valence-corrected chi connectivity index (χ3v) is 2.88. The van der Waals surface area contributed by atoms with Gasteiger partial charge in [0, 0.05) is 17.5 Å². The summed E-state index contributed by atoms with van der Waals surface area (Å²) >= 11 is 11.8. The van der Waals surface area contributed by atoms with Gasteiger partial charge < -0.3 is 0 Å². The van der Waals surface area contributed by atoms with Crippen LogP contribution in [0.2, 0.25) is 10.2 Å². The second-order valence-electron chi connectivity index (χ2n) is 3.41. The molecule has 0 unspecified atom stereocenters. The summed E-state index contributed by atoms with van der Waals surface area (Å²) in [7, 11) is 0. The van der Waals surface area contributed by atoms with E-state index in [2.05, 4.69) is 15.0 Å². The molecule has 0 amide bonds. The smallest absolute Gasteiger partial charge is 0.179 e. The molecule has 82 valence electrons. The lowest BCUT2D eigenvalue weighted by molar-refractivity contribution is 1.06. The maximum atomic E-state index is 6.00. The van der Waals surface area contributed by atoms with Crippen LogP contribution in [0.4, 0.5) is 0 Å². The molecule has 0 saturated heterocycles. The number of hydrogen-bond donors (Lipinski definition) is 0. The van der Waals surface area contributed by atoms with Crippen molar-refractivity contribution >= 4 is 23.2 Å². The lowest BCUT2D eigenvalue weighted by atomic mass is 10.2. The van der Waals surface area contributed by atoms with Crippen molar-refractivity contribution in [3.05, 3.63) is 39.8 Å². The number of nitrogens with zero attached hydrogens (tertiary/aromatic N) is 3. The van der Waals surface area contributed by atoms with Crippen LogP contribution in [-0.2, 0) is 0 Å². The molecule has 0 aliphatic rings. The molecule has 2 heterocycles. The van der Waals surface area contributed by atoms with Crippen molar-refractivity contribution in [3.8, 4) is 11.5 Å². The molecule has 2 aromatic rings. The fourth-order valence-electron chi connectivity index (χ4n) is 1.22. The van der Waals surface area contributed by atoms with E-state index in [0.29, 0.717) is 21.7 Å². The molecule has 0 aromatic carbocycles. The van der Waals surface area contributed by atoms with E-state index in [1.165, 1.54) is 0 Å². The molecular weight excluding hydrogens is 245 g/mol. The molecule has 5 heteroatoms. The zero-order valence-corrected chi connectivity index (χ0v) is 10.3. The van der Waals surface area contributed by atoms with Crippen LogP contribution < -0.4 is 0 Å². The Morgan fingerprint density at radius 1 is 1.06 bits per heavy atom. The van der Waals surface area contributed by atoms with Gasteiger partial charge in [-0.05, 0) is 26.0 Å². The van der Waals surface area contributed by atoms with Crippen LogP contribution in [0.5, 0.6) is 0 Å². The predicted molar refractivity (Wildman–Crippen MR) is 64.8 cm³/mol. The summed E-state index contributed by atoms with van der Waals surface area (Å²) in [5.41, 5.74) is 2.40. The van der Waals surface area contributed by atoms with E-state index in [4.69, 9.17) is 23.2 Å². The molecule has 0 fully saturated rings. The molecule has 0 bridgehead atoms. The molecule has 3 nitrogen and oxygen atoms in total. The Morgan fingerprint density at radius 3 is 2.38 bits per heavy atom. The maximum absolute atomic E-state index is 6.00. The van der Waals surface area contributed by atoms with Gasteiger partial charge in [0.1, 0.15) is 10.8 Å². The van der Waals surface area contributed by atoms with Gasteiger partial charge in [-0.25, -0.2) is 9.97 Å². The summed E-state index contributed by atoms with van der Waals surface area (Å²) in [6.07, 6.45) is 1.56. The molecule has 2 aromatic heterocycles. The molecule has 2 rings (SSSR count). The minimum atomic E-state index is 0.458. The molecule has 0 aliphatic carbocycles. The molecule has 0 radical (unpaired) electrons. The largest absolute Gasteiger partial charge is 0.251 e. The maximum Gasteiger partial charge on any atom is 0.179 e. The van der Waals surface area contributed by atoms with E-state index in [-0.39, 0.29) is 0 Å². The summed E-state index contributed by atoms with van der Waals surface area (Å²) in [6, 6.07) is 3.51.